The first-order chi connectivity index (χ1) is 38.5. The summed E-state index contributed by atoms with van der Waals surface area (Å²) < 4.78 is 2.14. The molecule has 0 saturated heterocycles. The number of aliphatic hydroxyl groups excluding tert-OH is 1. The average Bonchev–Trinajstić information content (AvgIpc) is 4.11. The van der Waals surface area contributed by atoms with E-state index in [1.807, 2.05) is 224 Å². The maximum Gasteiger partial charge on any atom is 0.261 e. The van der Waals surface area contributed by atoms with Crippen LogP contribution in [0.15, 0.2) is 255 Å². The van der Waals surface area contributed by atoms with Crippen molar-refractivity contribution < 1.29 is 9.90 Å². The van der Waals surface area contributed by atoms with Crippen molar-refractivity contribution in [2.75, 3.05) is 4.90 Å². The van der Waals surface area contributed by atoms with Crippen LogP contribution in [0.3, 0.4) is 0 Å². The number of aromatic nitrogens is 7. The molecule has 13 aromatic rings. The Morgan fingerprint density at radius 1 is 0.308 bits per heavy atom. The Hall–Kier alpha value is -10.6. The van der Waals surface area contributed by atoms with Gasteiger partial charge in [-0.2, -0.15) is 0 Å². The zero-order valence-electron chi connectivity index (χ0n) is 41.8. The second kappa shape index (κ2) is 19.3. The first-order valence-corrected chi connectivity index (χ1v) is 25.7. The third kappa shape index (κ3) is 8.17. The van der Waals surface area contributed by atoms with Crippen LogP contribution in [-0.2, 0) is 0 Å². The molecule has 0 spiro atoms. The van der Waals surface area contributed by atoms with E-state index < -0.39 is 6.23 Å². The SMILES string of the molecule is O=C1c2cccc(-n3c4ccc(-c5nc(-c6ccccc6)nc(-c6ccccc6)n5)cc4c4cc(-c5nc(-c6ccccc6)nc(-c6ccccc6)n5)ccc43)c2C(O)N1c1cc(-c2ccccc2)ccc1-c1ccccc1. The van der Waals surface area contributed by atoms with Gasteiger partial charge in [-0.3, -0.25) is 9.69 Å². The summed E-state index contributed by atoms with van der Waals surface area (Å²) in [7, 11) is 0. The number of amides is 1. The molecule has 1 aliphatic rings. The summed E-state index contributed by atoms with van der Waals surface area (Å²) in [5.41, 5.74) is 12.5. The molecule has 78 heavy (non-hydrogen) atoms. The fourth-order valence-corrected chi connectivity index (χ4v) is 10.7. The maximum atomic E-state index is 15.1. The van der Waals surface area contributed by atoms with Crippen LogP contribution in [0.2, 0.25) is 0 Å². The second-order valence-corrected chi connectivity index (χ2v) is 19.1. The monoisotopic (exact) mass is 1000 g/mol. The zero-order valence-corrected chi connectivity index (χ0v) is 41.8. The minimum atomic E-state index is -1.35. The summed E-state index contributed by atoms with van der Waals surface area (Å²) in [6.45, 7) is 0. The van der Waals surface area contributed by atoms with Crippen LogP contribution in [0.4, 0.5) is 5.69 Å². The van der Waals surface area contributed by atoms with Crippen LogP contribution in [0.5, 0.6) is 0 Å². The summed E-state index contributed by atoms with van der Waals surface area (Å²) in [6, 6.07) is 84.0. The summed E-state index contributed by atoms with van der Waals surface area (Å²) in [5, 5.41) is 14.7. The summed E-state index contributed by atoms with van der Waals surface area (Å²) in [5.74, 6) is 2.91. The molecule has 10 nitrogen and oxygen atoms in total. The van der Waals surface area contributed by atoms with Gasteiger partial charge in [0.2, 0.25) is 0 Å². The molecule has 0 bridgehead atoms. The average molecular weight is 1010 g/mol. The Balaban J connectivity index is 0.982. The van der Waals surface area contributed by atoms with Crippen molar-refractivity contribution in [1.29, 1.82) is 0 Å². The van der Waals surface area contributed by atoms with Gasteiger partial charge in [-0.15, -0.1) is 0 Å². The number of aliphatic hydroxyl groups is 1. The van der Waals surface area contributed by atoms with Gasteiger partial charge in [0.05, 0.1) is 22.4 Å². The van der Waals surface area contributed by atoms with Gasteiger partial charge < -0.3 is 9.67 Å². The van der Waals surface area contributed by atoms with Gasteiger partial charge in [-0.25, -0.2) is 29.9 Å². The Kier molecular flexibility index (Phi) is 11.4. The molecule has 1 amide bonds. The predicted octanol–water partition coefficient (Wildman–Crippen LogP) is 15.1. The summed E-state index contributed by atoms with van der Waals surface area (Å²) in [6.07, 6.45) is -1.35. The van der Waals surface area contributed by atoms with E-state index in [2.05, 4.69) is 34.9 Å². The molecule has 0 aliphatic carbocycles. The van der Waals surface area contributed by atoms with E-state index in [0.717, 1.165) is 77.4 Å². The Morgan fingerprint density at radius 2 is 0.679 bits per heavy atom. The molecule has 10 aromatic carbocycles. The number of benzene rings is 10. The third-order valence-corrected chi connectivity index (χ3v) is 14.4. The molecule has 1 unspecified atom stereocenters. The van der Waals surface area contributed by atoms with Gasteiger partial charge >= 0.3 is 0 Å². The van der Waals surface area contributed by atoms with E-state index in [0.29, 0.717) is 57.4 Å². The molecule has 1 aliphatic heterocycles. The topological polar surface area (TPSA) is 123 Å². The molecule has 0 fully saturated rings. The van der Waals surface area contributed by atoms with E-state index >= 15 is 4.79 Å². The van der Waals surface area contributed by atoms with Crippen LogP contribution >= 0.6 is 0 Å². The van der Waals surface area contributed by atoms with Crippen molar-refractivity contribution in [3.63, 3.8) is 0 Å². The van der Waals surface area contributed by atoms with Crippen LogP contribution in [0, 0.1) is 0 Å². The Labute approximate surface area is 449 Å². The highest BCUT2D eigenvalue weighted by Gasteiger charge is 2.40. The number of carbonyl (C=O) groups is 1. The van der Waals surface area contributed by atoms with E-state index in [4.69, 9.17) is 29.9 Å². The minimum absolute atomic E-state index is 0.302. The molecule has 368 valence electrons. The molecule has 1 N–H and O–H groups in total. The van der Waals surface area contributed by atoms with Gasteiger partial charge in [0, 0.05) is 60.8 Å². The molecule has 0 radical (unpaired) electrons. The van der Waals surface area contributed by atoms with Gasteiger partial charge in [0.1, 0.15) is 0 Å². The predicted molar refractivity (Wildman–Crippen MR) is 309 cm³/mol. The van der Waals surface area contributed by atoms with E-state index in [1.54, 1.807) is 0 Å². The van der Waals surface area contributed by atoms with E-state index in [-0.39, 0.29) is 5.91 Å². The first-order valence-electron chi connectivity index (χ1n) is 25.7. The maximum absolute atomic E-state index is 15.1. The fraction of sp³-hybridized carbons (Fsp3) is 0.0147. The first kappa shape index (κ1) is 46.0. The highest BCUT2D eigenvalue weighted by Crippen LogP contribution is 2.46. The highest BCUT2D eigenvalue weighted by molar-refractivity contribution is 6.15. The number of hydrogen-bond acceptors (Lipinski definition) is 8. The van der Waals surface area contributed by atoms with E-state index in [1.165, 1.54) is 4.90 Å². The number of fused-ring (bicyclic) bond motifs is 4. The van der Waals surface area contributed by atoms with Crippen molar-refractivity contribution in [2.24, 2.45) is 0 Å². The Bertz CT molecular complexity index is 4110. The minimum Gasteiger partial charge on any atom is -0.369 e. The fourth-order valence-electron chi connectivity index (χ4n) is 10.7. The van der Waals surface area contributed by atoms with Crippen molar-refractivity contribution in [1.82, 2.24) is 34.5 Å². The lowest BCUT2D eigenvalue weighted by Crippen LogP contribution is -2.28. The second-order valence-electron chi connectivity index (χ2n) is 19.1. The molecule has 0 saturated carbocycles. The number of rotatable bonds is 10. The normalized spacial score (nSPS) is 13.1. The quantitative estimate of drug-likeness (QED) is 0.144. The molecule has 4 heterocycles. The van der Waals surface area contributed by atoms with Gasteiger partial charge in [0.15, 0.2) is 41.2 Å². The molecule has 1 atom stereocenters. The van der Waals surface area contributed by atoms with Crippen LogP contribution < -0.4 is 4.90 Å². The lowest BCUT2D eigenvalue weighted by molar-refractivity contribution is 0.0935. The molecular weight excluding hydrogens is 961 g/mol. The number of carbonyl (C=O) groups excluding carboxylic acids is 1. The van der Waals surface area contributed by atoms with Crippen LogP contribution in [0.25, 0.3) is 118 Å². The summed E-state index contributed by atoms with van der Waals surface area (Å²) >= 11 is 0. The molecule has 10 heteroatoms. The highest BCUT2D eigenvalue weighted by atomic mass is 16.3. The largest absolute Gasteiger partial charge is 0.369 e. The standard InChI is InChI=1S/C68H44N8O2/c77-67-53-32-19-33-58(60(53)68(78)76(67)59-42-49(43-20-7-1-8-21-43)34-37-52(59)44-22-9-2-10-23-44)75-56-38-35-50(65-71-61(45-24-11-3-12-25-45)69-62(72-65)46-26-13-4-14-27-46)40-54(56)55-41-51(36-39-57(55)75)66-73-63(47-28-15-5-16-29-47)70-64(74-66)48-30-17-6-18-31-48/h1-42,68,78H. The van der Waals surface area contributed by atoms with Crippen molar-refractivity contribution in [3.8, 4) is 96.3 Å². The third-order valence-electron chi connectivity index (χ3n) is 14.4. The molecule has 14 rings (SSSR count). The van der Waals surface area contributed by atoms with Crippen molar-refractivity contribution in [2.45, 2.75) is 6.23 Å². The van der Waals surface area contributed by atoms with Crippen molar-refractivity contribution in [3.05, 3.63) is 266 Å². The Morgan fingerprint density at radius 3 is 1.10 bits per heavy atom. The summed E-state index contributed by atoms with van der Waals surface area (Å²) in [4.78, 5) is 47.1. The van der Waals surface area contributed by atoms with E-state index in [9.17, 15) is 5.11 Å². The molecule has 3 aromatic heterocycles. The lowest BCUT2D eigenvalue weighted by atomic mass is 9.97. The number of nitrogens with zero attached hydrogens (tertiary/aromatic N) is 8. The van der Waals surface area contributed by atoms with Crippen LogP contribution in [-0.4, -0.2) is 45.5 Å². The van der Waals surface area contributed by atoms with Crippen LogP contribution in [0.1, 0.15) is 22.1 Å². The van der Waals surface area contributed by atoms with Crippen molar-refractivity contribution >= 4 is 33.4 Å². The van der Waals surface area contributed by atoms with Gasteiger partial charge in [-0.05, 0) is 71.3 Å². The molecular formula is C68H44N8O2. The smallest absolute Gasteiger partial charge is 0.261 e. The number of anilines is 1. The number of hydrogen-bond donors (Lipinski definition) is 1. The zero-order chi connectivity index (χ0) is 52.1. The lowest BCUT2D eigenvalue weighted by Gasteiger charge is -2.25. The van der Waals surface area contributed by atoms with Gasteiger partial charge in [0.25, 0.3) is 5.91 Å². The van der Waals surface area contributed by atoms with Gasteiger partial charge in [-0.1, -0.05) is 200 Å².